The van der Waals surface area contributed by atoms with E-state index < -0.39 is 0 Å². The third-order valence-corrected chi connectivity index (χ3v) is 4.76. The van der Waals surface area contributed by atoms with Gasteiger partial charge >= 0.3 is 0 Å². The number of morpholine rings is 1. The van der Waals surface area contributed by atoms with Crippen molar-refractivity contribution in [2.24, 2.45) is 0 Å². The fraction of sp³-hybridized carbons (Fsp3) is 0.450. The van der Waals surface area contributed by atoms with Crippen LogP contribution in [0.3, 0.4) is 0 Å². The summed E-state index contributed by atoms with van der Waals surface area (Å²) in [6, 6.07) is 5.64. The fourth-order valence-electron chi connectivity index (χ4n) is 3.92. The third kappa shape index (κ3) is 3.35. The maximum absolute atomic E-state index is 10.4. The van der Waals surface area contributed by atoms with Gasteiger partial charge in [-0.25, -0.2) is 9.50 Å². The number of phenols is 1. The molecule has 1 aliphatic heterocycles. The average Bonchev–Trinajstić information content (AvgIpc) is 2.95. The molecule has 27 heavy (non-hydrogen) atoms. The summed E-state index contributed by atoms with van der Waals surface area (Å²) in [7, 11) is 0. The monoisotopic (exact) mass is 367 g/mol. The van der Waals surface area contributed by atoms with Crippen LogP contribution in [-0.2, 0) is 4.74 Å². The smallest absolute Gasteiger partial charge is 0.254 e. The first kappa shape index (κ1) is 17.7. The molecule has 0 saturated carbocycles. The number of aryl methyl sites for hydroxylation is 2. The van der Waals surface area contributed by atoms with Crippen LogP contribution in [0.4, 0.5) is 5.95 Å². The van der Waals surface area contributed by atoms with Crippen LogP contribution in [0.2, 0.25) is 0 Å². The molecule has 4 rings (SSSR count). The number of hydrogen-bond donors (Lipinski definition) is 1. The lowest BCUT2D eigenvalue weighted by Crippen LogP contribution is -2.52. The van der Waals surface area contributed by atoms with E-state index >= 15 is 0 Å². The van der Waals surface area contributed by atoms with Crippen molar-refractivity contribution in [2.45, 2.75) is 46.3 Å². The molecular formula is C20H25N5O2. The molecule has 1 atom stereocenters. The van der Waals surface area contributed by atoms with E-state index in [0.717, 1.165) is 29.8 Å². The Balaban J connectivity index is 1.73. The van der Waals surface area contributed by atoms with E-state index in [1.54, 1.807) is 10.6 Å². The minimum Gasteiger partial charge on any atom is -0.507 e. The molecule has 1 saturated heterocycles. The molecule has 1 aliphatic rings. The molecule has 3 heterocycles. The Morgan fingerprint density at radius 3 is 2.70 bits per heavy atom. The second kappa shape index (κ2) is 6.20. The van der Waals surface area contributed by atoms with Crippen molar-refractivity contribution in [2.75, 3.05) is 18.0 Å². The number of phenolic OH excluding ortho intramolecular Hbond substituents is 1. The van der Waals surface area contributed by atoms with Crippen molar-refractivity contribution in [3.8, 4) is 17.0 Å². The molecule has 1 fully saturated rings. The summed E-state index contributed by atoms with van der Waals surface area (Å²) in [6.07, 6.45) is 1.94. The Morgan fingerprint density at radius 2 is 2.00 bits per heavy atom. The zero-order valence-electron chi connectivity index (χ0n) is 16.4. The van der Waals surface area contributed by atoms with Crippen LogP contribution in [0.5, 0.6) is 5.75 Å². The Bertz CT molecular complexity index is 988. The van der Waals surface area contributed by atoms with Gasteiger partial charge in [-0.1, -0.05) is 6.07 Å². The molecule has 7 heteroatoms. The molecule has 142 valence electrons. The molecule has 0 radical (unpaired) electrons. The maximum atomic E-state index is 10.4. The van der Waals surface area contributed by atoms with Crippen molar-refractivity contribution in [3.05, 3.63) is 35.5 Å². The summed E-state index contributed by atoms with van der Waals surface area (Å²) in [5.74, 6) is 1.39. The highest BCUT2D eigenvalue weighted by Gasteiger charge is 2.33. The number of benzene rings is 1. The van der Waals surface area contributed by atoms with Gasteiger partial charge in [0.25, 0.3) is 5.78 Å². The highest BCUT2D eigenvalue weighted by Crippen LogP contribution is 2.32. The molecule has 0 amide bonds. The average molecular weight is 367 g/mol. The fourth-order valence-corrected chi connectivity index (χ4v) is 3.92. The highest BCUT2D eigenvalue weighted by molar-refractivity contribution is 5.72. The van der Waals surface area contributed by atoms with Gasteiger partial charge < -0.3 is 14.7 Å². The number of anilines is 1. The topological polar surface area (TPSA) is 75.8 Å². The van der Waals surface area contributed by atoms with Gasteiger partial charge in [-0.05, 0) is 57.9 Å². The van der Waals surface area contributed by atoms with Crippen molar-refractivity contribution in [1.82, 2.24) is 19.6 Å². The zero-order valence-corrected chi connectivity index (χ0v) is 16.4. The van der Waals surface area contributed by atoms with E-state index in [1.165, 1.54) is 0 Å². The Kier molecular flexibility index (Phi) is 4.07. The van der Waals surface area contributed by atoms with E-state index in [1.807, 2.05) is 32.2 Å². The number of aromatic hydroxyl groups is 1. The molecule has 0 bridgehead atoms. The molecule has 7 nitrogen and oxygen atoms in total. The van der Waals surface area contributed by atoms with Crippen molar-refractivity contribution in [1.29, 1.82) is 0 Å². The first-order valence-corrected chi connectivity index (χ1v) is 9.19. The van der Waals surface area contributed by atoms with Crippen LogP contribution < -0.4 is 4.90 Å². The predicted octanol–water partition coefficient (Wildman–Crippen LogP) is 3.12. The number of rotatable bonds is 2. The van der Waals surface area contributed by atoms with Crippen LogP contribution in [0.25, 0.3) is 17.0 Å². The molecule has 3 aromatic rings. The number of fused-ring (bicyclic) bond motifs is 1. The van der Waals surface area contributed by atoms with Gasteiger partial charge in [0.15, 0.2) is 0 Å². The summed E-state index contributed by atoms with van der Waals surface area (Å²) < 4.78 is 7.64. The number of hydrogen-bond acceptors (Lipinski definition) is 6. The molecule has 1 unspecified atom stereocenters. The van der Waals surface area contributed by atoms with Crippen LogP contribution in [0.15, 0.2) is 24.4 Å². The van der Waals surface area contributed by atoms with Crippen molar-refractivity contribution in [3.63, 3.8) is 0 Å². The molecule has 0 aliphatic carbocycles. The summed E-state index contributed by atoms with van der Waals surface area (Å²) >= 11 is 0. The number of nitrogens with zero attached hydrogens (tertiary/aromatic N) is 5. The molecular weight excluding hydrogens is 342 g/mol. The Hall–Kier alpha value is -2.67. The van der Waals surface area contributed by atoms with Gasteiger partial charge in [0, 0.05) is 24.8 Å². The normalized spacial score (nSPS) is 19.6. The molecule has 1 N–H and O–H groups in total. The molecule has 2 aromatic heterocycles. The third-order valence-electron chi connectivity index (χ3n) is 4.76. The second-order valence-electron chi connectivity index (χ2n) is 8.01. The molecule has 1 aromatic carbocycles. The highest BCUT2D eigenvalue weighted by atomic mass is 16.5. The summed E-state index contributed by atoms with van der Waals surface area (Å²) in [5.41, 5.74) is 3.16. The van der Waals surface area contributed by atoms with E-state index in [4.69, 9.17) is 4.74 Å². The lowest BCUT2D eigenvalue weighted by Gasteiger charge is -2.41. The Morgan fingerprint density at radius 1 is 1.22 bits per heavy atom. The number of ether oxygens (including phenoxy) is 1. The first-order valence-electron chi connectivity index (χ1n) is 9.19. The van der Waals surface area contributed by atoms with Crippen LogP contribution >= 0.6 is 0 Å². The van der Waals surface area contributed by atoms with E-state index in [-0.39, 0.29) is 17.5 Å². The second-order valence-corrected chi connectivity index (χ2v) is 8.01. The van der Waals surface area contributed by atoms with Gasteiger partial charge in [0.2, 0.25) is 5.95 Å². The Labute approximate surface area is 158 Å². The zero-order chi connectivity index (χ0) is 19.3. The van der Waals surface area contributed by atoms with E-state index in [0.29, 0.717) is 17.4 Å². The SMILES string of the molecule is Cc1cc(C)c(-c2ccn3nc(N4CC(C)OC(C)(C)C4)nc3n2)c(O)c1. The van der Waals surface area contributed by atoms with Crippen molar-refractivity contribution >= 4 is 11.7 Å². The lowest BCUT2D eigenvalue weighted by molar-refractivity contribution is -0.0753. The van der Waals surface area contributed by atoms with E-state index in [2.05, 4.69) is 40.7 Å². The molecule has 0 spiro atoms. The standard InChI is InChI=1S/C20H25N5O2/c1-12-8-13(2)17(16(26)9-12)15-6-7-25-18(21-15)22-19(23-25)24-10-14(3)27-20(4,5)11-24/h6-9,14,26H,10-11H2,1-5H3. The largest absolute Gasteiger partial charge is 0.507 e. The minimum atomic E-state index is -0.251. The van der Waals surface area contributed by atoms with Crippen LogP contribution in [-0.4, -0.2) is 49.5 Å². The van der Waals surface area contributed by atoms with Crippen LogP contribution in [0.1, 0.15) is 31.9 Å². The van der Waals surface area contributed by atoms with Gasteiger partial charge in [-0.15, -0.1) is 5.10 Å². The van der Waals surface area contributed by atoms with Crippen molar-refractivity contribution < 1.29 is 9.84 Å². The summed E-state index contributed by atoms with van der Waals surface area (Å²) in [6.45, 7) is 11.6. The van der Waals surface area contributed by atoms with E-state index in [9.17, 15) is 5.11 Å². The summed E-state index contributed by atoms with van der Waals surface area (Å²) in [5, 5.41) is 15.0. The van der Waals surface area contributed by atoms with Gasteiger partial charge in [-0.2, -0.15) is 4.98 Å². The maximum Gasteiger partial charge on any atom is 0.254 e. The predicted molar refractivity (Wildman–Crippen MR) is 104 cm³/mol. The first-order chi connectivity index (χ1) is 12.7. The van der Waals surface area contributed by atoms with Gasteiger partial charge in [0.1, 0.15) is 5.75 Å². The lowest BCUT2D eigenvalue weighted by atomic mass is 10.0. The van der Waals surface area contributed by atoms with Gasteiger partial charge in [-0.3, -0.25) is 0 Å². The summed E-state index contributed by atoms with van der Waals surface area (Å²) in [4.78, 5) is 11.4. The van der Waals surface area contributed by atoms with Gasteiger partial charge in [0.05, 0.1) is 17.4 Å². The van der Waals surface area contributed by atoms with Crippen LogP contribution in [0, 0.1) is 13.8 Å². The quantitative estimate of drug-likeness (QED) is 0.750. The number of aromatic nitrogens is 4. The minimum absolute atomic E-state index is 0.107.